The number of rotatable bonds is 10. The van der Waals surface area contributed by atoms with E-state index in [-0.39, 0.29) is 55.2 Å². The molecule has 2 unspecified atom stereocenters. The number of esters is 1. The van der Waals surface area contributed by atoms with Crippen molar-refractivity contribution in [2.24, 2.45) is 11.7 Å². The van der Waals surface area contributed by atoms with Crippen molar-refractivity contribution in [2.45, 2.75) is 76.2 Å². The predicted octanol–water partition coefficient (Wildman–Crippen LogP) is 3.41. The molecule has 4 atom stereocenters. The summed E-state index contributed by atoms with van der Waals surface area (Å²) in [5.41, 5.74) is 5.30. The molecule has 0 fully saturated rings. The topological polar surface area (TPSA) is 169 Å². The van der Waals surface area contributed by atoms with Crippen molar-refractivity contribution in [1.82, 2.24) is 21.3 Å². The first-order valence-corrected chi connectivity index (χ1v) is 15.7. The van der Waals surface area contributed by atoms with Gasteiger partial charge < -0.3 is 31.7 Å². The van der Waals surface area contributed by atoms with E-state index in [2.05, 4.69) is 26.0 Å². The molecule has 11 nitrogen and oxygen atoms in total. The average Bonchev–Trinajstić information content (AvgIpc) is 3.02. The minimum atomic E-state index is -4.78. The molecule has 0 saturated heterocycles. The van der Waals surface area contributed by atoms with Crippen molar-refractivity contribution in [3.05, 3.63) is 82.7 Å². The van der Waals surface area contributed by atoms with Crippen LogP contribution in [-0.2, 0) is 42.9 Å². The van der Waals surface area contributed by atoms with E-state index in [1.54, 1.807) is 19.9 Å². The summed E-state index contributed by atoms with van der Waals surface area (Å²) in [5.74, 6) is -4.15. The molecule has 6 N–H and O–H groups in total. The molecule has 1 aliphatic heterocycles. The van der Waals surface area contributed by atoms with Crippen LogP contribution in [0, 0.1) is 11.7 Å². The van der Waals surface area contributed by atoms with E-state index in [1.807, 2.05) is 0 Å². The van der Waals surface area contributed by atoms with E-state index in [0.717, 1.165) is 19.2 Å². The smallest absolute Gasteiger partial charge is 0.416 e. The fraction of sp³-hybridized carbons (Fsp3) is 0.441. The Hall–Kier alpha value is -4.95. The SMILES string of the molecule is COC(=O)C(NC(=O)N[C@H](Cc1cc(C2CCCC(=O)N[C@@H](Cc3cccc(F)c3)C=CC(=O)NC2)cc(C(F)(F)F)c1)C(N)=O)C(C)C. The molecule has 266 valence electrons. The van der Waals surface area contributed by atoms with E-state index in [9.17, 15) is 41.5 Å². The monoisotopic (exact) mass is 691 g/mol. The Bertz CT molecular complexity index is 1550. The number of ether oxygens (including phenoxy) is 1. The molecule has 0 saturated carbocycles. The molecule has 1 aliphatic rings. The van der Waals surface area contributed by atoms with Crippen molar-refractivity contribution in [2.75, 3.05) is 13.7 Å². The van der Waals surface area contributed by atoms with Crippen LogP contribution in [0.4, 0.5) is 22.4 Å². The lowest BCUT2D eigenvalue weighted by molar-refractivity contribution is -0.144. The molecule has 0 aliphatic carbocycles. The quantitative estimate of drug-likeness (QED) is 0.189. The molecule has 5 amide bonds. The van der Waals surface area contributed by atoms with Crippen LogP contribution in [0.3, 0.4) is 0 Å². The van der Waals surface area contributed by atoms with Gasteiger partial charge in [0.25, 0.3) is 0 Å². The standard InChI is InChI=1S/C34H41F4N5O6/c1-19(2)30(32(47)49-3)43-33(48)42-27(31(39)46)16-21-12-23(17-24(13-21)34(36,37)38)22-7-5-9-29(45)41-26(10-11-28(44)40-18-22)15-20-6-4-8-25(35)14-20/h4,6,8,10-14,17,19,22,26-27,30H,5,7,9,15-16,18H2,1-3H3,(H2,39,46)(H,40,44)(H,41,45)(H2,42,43,48)/t22?,26-,27-,30?/m1/s1. The third-order valence-electron chi connectivity index (χ3n) is 7.96. The largest absolute Gasteiger partial charge is 0.467 e. The van der Waals surface area contributed by atoms with E-state index in [0.29, 0.717) is 5.56 Å². The van der Waals surface area contributed by atoms with Crippen molar-refractivity contribution in [3.8, 4) is 0 Å². The summed E-state index contributed by atoms with van der Waals surface area (Å²) in [5, 5.41) is 10.2. The number of hydrogen-bond acceptors (Lipinski definition) is 6. The highest BCUT2D eigenvalue weighted by Gasteiger charge is 2.33. The molecular weight excluding hydrogens is 650 g/mol. The third-order valence-corrected chi connectivity index (χ3v) is 7.96. The number of amides is 5. The van der Waals surface area contributed by atoms with Crippen LogP contribution in [0.25, 0.3) is 0 Å². The number of carbonyl (C=O) groups is 5. The second kappa shape index (κ2) is 17.4. The van der Waals surface area contributed by atoms with E-state index < -0.39 is 71.8 Å². The number of alkyl halides is 3. The predicted molar refractivity (Wildman–Crippen MR) is 171 cm³/mol. The van der Waals surface area contributed by atoms with Crippen molar-refractivity contribution in [1.29, 1.82) is 0 Å². The summed E-state index contributed by atoms with van der Waals surface area (Å²) in [7, 11) is 1.14. The van der Waals surface area contributed by atoms with Gasteiger partial charge in [-0.25, -0.2) is 14.0 Å². The van der Waals surface area contributed by atoms with Gasteiger partial charge in [-0.1, -0.05) is 38.1 Å². The Labute approximate surface area is 281 Å². The highest BCUT2D eigenvalue weighted by molar-refractivity contribution is 5.89. The number of hydrogen-bond donors (Lipinski definition) is 5. The van der Waals surface area contributed by atoms with Crippen molar-refractivity contribution < 1.29 is 46.3 Å². The first-order valence-electron chi connectivity index (χ1n) is 15.7. The molecule has 15 heteroatoms. The first-order chi connectivity index (χ1) is 23.0. The Balaban J connectivity index is 1.84. The summed E-state index contributed by atoms with van der Waals surface area (Å²) in [4.78, 5) is 62.5. The van der Waals surface area contributed by atoms with E-state index in [4.69, 9.17) is 5.73 Å². The Morgan fingerprint density at radius 1 is 1.06 bits per heavy atom. The van der Waals surface area contributed by atoms with Gasteiger partial charge >= 0.3 is 18.2 Å². The minimum Gasteiger partial charge on any atom is -0.467 e. The minimum absolute atomic E-state index is 0.0255. The normalized spacial score (nSPS) is 18.6. The molecule has 2 aromatic rings. The highest BCUT2D eigenvalue weighted by atomic mass is 19.4. The van der Waals surface area contributed by atoms with Gasteiger partial charge in [-0.2, -0.15) is 13.2 Å². The van der Waals surface area contributed by atoms with Crippen molar-refractivity contribution >= 4 is 29.7 Å². The first kappa shape index (κ1) is 38.5. The van der Waals surface area contributed by atoms with Crippen LogP contribution in [0.1, 0.15) is 61.3 Å². The van der Waals surface area contributed by atoms with Crippen molar-refractivity contribution in [3.63, 3.8) is 0 Å². The van der Waals surface area contributed by atoms with Gasteiger partial charge in [0.2, 0.25) is 17.7 Å². The maximum absolute atomic E-state index is 14.1. The highest BCUT2D eigenvalue weighted by Crippen LogP contribution is 2.34. The molecule has 0 aromatic heterocycles. The summed E-state index contributed by atoms with van der Waals surface area (Å²) in [6.07, 6.45) is -1.77. The number of halogens is 4. The van der Waals surface area contributed by atoms with E-state index in [1.165, 1.54) is 36.4 Å². The van der Waals surface area contributed by atoms with Gasteiger partial charge in [0.1, 0.15) is 17.9 Å². The lowest BCUT2D eigenvalue weighted by atomic mass is 9.89. The molecule has 3 rings (SSSR count). The number of primary amides is 1. The van der Waals surface area contributed by atoms with Gasteiger partial charge in [-0.15, -0.1) is 0 Å². The number of carbonyl (C=O) groups excluding carboxylic acids is 5. The van der Waals surface area contributed by atoms with Crippen LogP contribution in [0.15, 0.2) is 54.6 Å². The summed E-state index contributed by atoms with van der Waals surface area (Å²) in [6.45, 7) is 3.23. The van der Waals surface area contributed by atoms with Gasteiger partial charge in [-0.3, -0.25) is 14.4 Å². The summed E-state index contributed by atoms with van der Waals surface area (Å²) < 4.78 is 60.6. The van der Waals surface area contributed by atoms with Gasteiger partial charge in [0.05, 0.1) is 18.7 Å². The number of benzene rings is 2. The van der Waals surface area contributed by atoms with Gasteiger partial charge in [0.15, 0.2) is 0 Å². The Morgan fingerprint density at radius 3 is 2.43 bits per heavy atom. The molecule has 0 spiro atoms. The zero-order valence-electron chi connectivity index (χ0n) is 27.4. The zero-order chi connectivity index (χ0) is 36.3. The van der Waals surface area contributed by atoms with Crippen LogP contribution in [-0.4, -0.2) is 61.5 Å². The van der Waals surface area contributed by atoms with Crippen LogP contribution >= 0.6 is 0 Å². The lowest BCUT2D eigenvalue weighted by Crippen LogP contribution is -2.54. The van der Waals surface area contributed by atoms with Gasteiger partial charge in [0, 0.05) is 31.4 Å². The number of nitrogens with two attached hydrogens (primary N) is 1. The maximum Gasteiger partial charge on any atom is 0.416 e. The lowest BCUT2D eigenvalue weighted by Gasteiger charge is -2.24. The fourth-order valence-corrected chi connectivity index (χ4v) is 5.41. The second-order valence-corrected chi connectivity index (χ2v) is 12.2. The van der Waals surface area contributed by atoms with E-state index >= 15 is 0 Å². The number of methoxy groups -OCH3 is 1. The fourth-order valence-electron chi connectivity index (χ4n) is 5.41. The Kier molecular flexibility index (Phi) is 13.7. The van der Waals surface area contributed by atoms with Crippen LogP contribution in [0.2, 0.25) is 0 Å². The molecule has 2 aromatic carbocycles. The molecule has 0 radical (unpaired) electrons. The van der Waals surface area contributed by atoms with Gasteiger partial charge in [-0.05, 0) is 66.1 Å². The summed E-state index contributed by atoms with van der Waals surface area (Å²) in [6, 6.07) is 4.99. The number of nitrogens with one attached hydrogen (secondary N) is 4. The second-order valence-electron chi connectivity index (χ2n) is 12.2. The molecule has 1 heterocycles. The van der Waals surface area contributed by atoms with Crippen LogP contribution in [0.5, 0.6) is 0 Å². The maximum atomic E-state index is 14.1. The van der Waals surface area contributed by atoms with Crippen LogP contribution < -0.4 is 27.0 Å². The molecular formula is C34H41F4N5O6. The average molecular weight is 692 g/mol. The Morgan fingerprint density at radius 2 is 1.80 bits per heavy atom. The summed E-state index contributed by atoms with van der Waals surface area (Å²) >= 11 is 0. The molecule has 0 bridgehead atoms. The third kappa shape index (κ3) is 12.2. The zero-order valence-corrected chi connectivity index (χ0v) is 27.4. The number of urea groups is 1. The molecule has 49 heavy (non-hydrogen) atoms.